The van der Waals surface area contributed by atoms with Gasteiger partial charge in [-0.1, -0.05) is 17.7 Å². The molecule has 0 aliphatic carbocycles. The summed E-state index contributed by atoms with van der Waals surface area (Å²) < 4.78 is 17.1. The molecule has 0 amide bonds. The molecule has 7 heteroatoms. The third-order valence-electron chi connectivity index (χ3n) is 4.50. The van der Waals surface area contributed by atoms with E-state index in [4.69, 9.17) is 19.2 Å². The van der Waals surface area contributed by atoms with Crippen molar-refractivity contribution < 1.29 is 14.2 Å². The van der Waals surface area contributed by atoms with E-state index in [1.165, 1.54) is 5.56 Å². The molecule has 160 valence electrons. The number of aryl methyl sites for hydroxylation is 1. The van der Waals surface area contributed by atoms with Crippen molar-refractivity contribution in [1.29, 1.82) is 0 Å². The second kappa shape index (κ2) is 14.9. The summed E-state index contributed by atoms with van der Waals surface area (Å²) in [7, 11) is 2.04. The molecule has 28 heavy (non-hydrogen) atoms. The van der Waals surface area contributed by atoms with Crippen LogP contribution in [0.15, 0.2) is 29.3 Å². The highest BCUT2D eigenvalue weighted by molar-refractivity contribution is 14.0. The minimum atomic E-state index is 0. The Morgan fingerprint density at radius 1 is 1.21 bits per heavy atom. The predicted octanol–water partition coefficient (Wildman–Crippen LogP) is 3.47. The molecule has 6 nitrogen and oxygen atoms in total. The van der Waals surface area contributed by atoms with Gasteiger partial charge in [0.1, 0.15) is 12.4 Å². The smallest absolute Gasteiger partial charge is 0.193 e. The number of guanidine groups is 1. The molecule has 1 N–H and O–H groups in total. The summed E-state index contributed by atoms with van der Waals surface area (Å²) in [6.45, 7) is 9.57. The Kier molecular flexibility index (Phi) is 13.3. The topological polar surface area (TPSA) is 55.3 Å². The third-order valence-corrected chi connectivity index (χ3v) is 4.50. The average molecular weight is 505 g/mol. The van der Waals surface area contributed by atoms with Crippen LogP contribution >= 0.6 is 24.0 Å². The van der Waals surface area contributed by atoms with Gasteiger partial charge in [-0.15, -0.1) is 24.0 Å². The monoisotopic (exact) mass is 505 g/mol. The lowest BCUT2D eigenvalue weighted by molar-refractivity contribution is -0.0318. The molecular formula is C21H36IN3O3. The van der Waals surface area contributed by atoms with E-state index in [2.05, 4.69) is 36.2 Å². The number of benzene rings is 1. The number of rotatable bonds is 10. The molecule has 1 aliphatic rings. The van der Waals surface area contributed by atoms with Crippen molar-refractivity contribution in [3.63, 3.8) is 0 Å². The first kappa shape index (κ1) is 25.0. The fourth-order valence-electron chi connectivity index (χ4n) is 2.85. The van der Waals surface area contributed by atoms with Crippen molar-refractivity contribution in [1.82, 2.24) is 10.2 Å². The number of hydrogen-bond acceptors (Lipinski definition) is 4. The van der Waals surface area contributed by atoms with Crippen molar-refractivity contribution in [3.8, 4) is 5.75 Å². The molecule has 0 bridgehead atoms. The normalized spacial score (nSPS) is 15.0. The zero-order chi connectivity index (χ0) is 19.3. The fourth-order valence-corrected chi connectivity index (χ4v) is 2.85. The second-order valence-corrected chi connectivity index (χ2v) is 6.85. The first-order chi connectivity index (χ1) is 13.2. The number of ether oxygens (including phenoxy) is 3. The van der Waals surface area contributed by atoms with E-state index in [1.54, 1.807) is 0 Å². The van der Waals surface area contributed by atoms with Crippen LogP contribution in [0.25, 0.3) is 0 Å². The highest BCUT2D eigenvalue weighted by Gasteiger charge is 2.13. The van der Waals surface area contributed by atoms with E-state index in [-0.39, 0.29) is 24.0 Å². The van der Waals surface area contributed by atoms with Crippen LogP contribution in [0.5, 0.6) is 5.75 Å². The lowest BCUT2D eigenvalue weighted by Crippen LogP contribution is -2.41. The summed E-state index contributed by atoms with van der Waals surface area (Å²) >= 11 is 0. The molecule has 1 aromatic carbocycles. The predicted molar refractivity (Wildman–Crippen MR) is 125 cm³/mol. The minimum Gasteiger partial charge on any atom is -0.492 e. The number of hydrogen-bond donors (Lipinski definition) is 1. The lowest BCUT2D eigenvalue weighted by Gasteiger charge is -2.23. The van der Waals surface area contributed by atoms with Crippen LogP contribution < -0.4 is 10.1 Å². The van der Waals surface area contributed by atoms with Gasteiger partial charge in [-0.2, -0.15) is 0 Å². The minimum absolute atomic E-state index is 0. The standard InChI is InChI=1S/C21H35N3O3.HI/c1-4-22-21(23-12-5-14-26-20-10-15-25-16-11-20)24(3)13-17-27-19-8-6-18(2)7-9-19;/h6-9,20H,4-5,10-17H2,1-3H3,(H,22,23);1H. The van der Waals surface area contributed by atoms with E-state index < -0.39 is 0 Å². The Hall–Kier alpha value is -1.06. The molecule has 2 rings (SSSR count). The molecular weight excluding hydrogens is 469 g/mol. The highest BCUT2D eigenvalue weighted by atomic mass is 127. The van der Waals surface area contributed by atoms with Gasteiger partial charge in [-0.3, -0.25) is 4.99 Å². The third kappa shape index (κ3) is 9.93. The van der Waals surface area contributed by atoms with Crippen LogP contribution in [0.3, 0.4) is 0 Å². The number of nitrogens with one attached hydrogen (secondary N) is 1. The van der Waals surface area contributed by atoms with Crippen molar-refractivity contribution in [3.05, 3.63) is 29.8 Å². The summed E-state index contributed by atoms with van der Waals surface area (Å²) in [6, 6.07) is 8.14. The maximum atomic E-state index is 5.90. The van der Waals surface area contributed by atoms with Crippen molar-refractivity contribution in [2.45, 2.75) is 39.2 Å². The van der Waals surface area contributed by atoms with E-state index in [1.807, 2.05) is 19.2 Å². The summed E-state index contributed by atoms with van der Waals surface area (Å²) in [6.07, 6.45) is 3.31. The molecule has 1 aliphatic heterocycles. The summed E-state index contributed by atoms with van der Waals surface area (Å²) in [5.41, 5.74) is 1.24. The highest BCUT2D eigenvalue weighted by Crippen LogP contribution is 2.11. The maximum absolute atomic E-state index is 5.90. The summed E-state index contributed by atoms with van der Waals surface area (Å²) in [5.74, 6) is 1.82. The Morgan fingerprint density at radius 2 is 1.93 bits per heavy atom. The molecule has 1 fully saturated rings. The quantitative estimate of drug-likeness (QED) is 0.229. The van der Waals surface area contributed by atoms with E-state index in [0.717, 1.165) is 70.4 Å². The molecule has 0 aromatic heterocycles. The van der Waals surface area contributed by atoms with Gasteiger partial charge in [0.15, 0.2) is 5.96 Å². The summed E-state index contributed by atoms with van der Waals surface area (Å²) in [4.78, 5) is 6.81. The average Bonchev–Trinajstić information content (AvgIpc) is 2.69. The van der Waals surface area contributed by atoms with E-state index in [9.17, 15) is 0 Å². The van der Waals surface area contributed by atoms with Crippen molar-refractivity contribution in [2.75, 3.05) is 53.1 Å². The van der Waals surface area contributed by atoms with Crippen LogP contribution in [0.1, 0.15) is 31.7 Å². The van der Waals surface area contributed by atoms with Gasteiger partial charge in [0.2, 0.25) is 0 Å². The van der Waals surface area contributed by atoms with Crippen molar-refractivity contribution in [2.24, 2.45) is 4.99 Å². The Morgan fingerprint density at radius 3 is 2.61 bits per heavy atom. The van der Waals surface area contributed by atoms with E-state index in [0.29, 0.717) is 12.7 Å². The number of aliphatic imine (C=N–C) groups is 1. The van der Waals surface area contributed by atoms with Crippen LogP contribution in [0.4, 0.5) is 0 Å². The number of halogens is 1. The van der Waals surface area contributed by atoms with Gasteiger partial charge >= 0.3 is 0 Å². The lowest BCUT2D eigenvalue weighted by atomic mass is 10.1. The molecule has 0 saturated carbocycles. The zero-order valence-electron chi connectivity index (χ0n) is 17.5. The molecule has 0 atom stereocenters. The van der Waals surface area contributed by atoms with Crippen LogP contribution in [0, 0.1) is 6.92 Å². The zero-order valence-corrected chi connectivity index (χ0v) is 19.8. The van der Waals surface area contributed by atoms with Crippen LogP contribution in [-0.4, -0.2) is 70.1 Å². The van der Waals surface area contributed by atoms with Crippen LogP contribution in [0.2, 0.25) is 0 Å². The van der Waals surface area contributed by atoms with E-state index >= 15 is 0 Å². The molecule has 1 heterocycles. The number of nitrogens with zero attached hydrogens (tertiary/aromatic N) is 2. The SMILES string of the molecule is CCNC(=NCCCOC1CCOCC1)N(C)CCOc1ccc(C)cc1.I. The van der Waals surface area contributed by atoms with Crippen molar-refractivity contribution >= 4 is 29.9 Å². The fraction of sp³-hybridized carbons (Fsp3) is 0.667. The molecule has 1 aromatic rings. The maximum Gasteiger partial charge on any atom is 0.193 e. The van der Waals surface area contributed by atoms with Gasteiger partial charge in [-0.25, -0.2) is 0 Å². The summed E-state index contributed by atoms with van der Waals surface area (Å²) in [5, 5.41) is 3.34. The van der Waals surface area contributed by atoms with Gasteiger partial charge in [0.25, 0.3) is 0 Å². The van der Waals surface area contributed by atoms with Gasteiger partial charge < -0.3 is 24.4 Å². The Labute approximate surface area is 187 Å². The molecule has 1 saturated heterocycles. The Balaban J connectivity index is 0.00000392. The van der Waals surface area contributed by atoms with Gasteiger partial charge in [0.05, 0.1) is 12.6 Å². The first-order valence-electron chi connectivity index (χ1n) is 10.1. The van der Waals surface area contributed by atoms with Gasteiger partial charge in [-0.05, 0) is 45.2 Å². The molecule has 0 spiro atoms. The van der Waals surface area contributed by atoms with Crippen LogP contribution in [-0.2, 0) is 9.47 Å². The molecule has 0 radical (unpaired) electrons. The number of likely N-dealkylation sites (N-methyl/N-ethyl adjacent to an activating group) is 1. The second-order valence-electron chi connectivity index (χ2n) is 6.85. The molecule has 0 unspecified atom stereocenters. The Bertz CT molecular complexity index is 548. The first-order valence-corrected chi connectivity index (χ1v) is 10.1. The van der Waals surface area contributed by atoms with Gasteiger partial charge in [0, 0.05) is 40.0 Å². The largest absolute Gasteiger partial charge is 0.492 e.